The van der Waals surface area contributed by atoms with Crippen LogP contribution in [0, 0.1) is 0 Å². The molecule has 0 aliphatic heterocycles. The molecule has 0 radical (unpaired) electrons. The third-order valence-corrected chi connectivity index (χ3v) is 0. The quantitative estimate of drug-likeness (QED) is 0.475. The van der Waals surface area contributed by atoms with Crippen LogP contribution in [0.4, 0.5) is 0 Å². The van der Waals surface area contributed by atoms with Crippen molar-refractivity contribution in [3.05, 3.63) is 0 Å². The van der Waals surface area contributed by atoms with Gasteiger partial charge in [-0.2, -0.15) is 0 Å². The molecule has 38 valence electrons. The van der Waals surface area contributed by atoms with Crippen LogP contribution in [0.2, 0.25) is 0 Å². The molecule has 0 heterocycles. The van der Waals surface area contributed by atoms with Crippen molar-refractivity contribution in [1.29, 1.82) is 0 Å². The second-order valence-electron chi connectivity index (χ2n) is 0. The summed E-state index contributed by atoms with van der Waals surface area (Å²) in [5, 5.41) is 0. The summed E-state index contributed by atoms with van der Waals surface area (Å²) >= 11 is 0. The average Bonchev–Trinajstić information content (AvgIpc) is 0. The summed E-state index contributed by atoms with van der Waals surface area (Å²) in [6.45, 7) is 0. The standard InChI is InChI=1S/Cd.Mo.4H2O/h;;4*1H2/q+2;;;;;/p-2. The van der Waals surface area contributed by atoms with E-state index in [9.17, 15) is 0 Å². The summed E-state index contributed by atoms with van der Waals surface area (Å²) in [5.74, 6) is 0. The van der Waals surface area contributed by atoms with Crippen LogP contribution in [0.3, 0.4) is 0 Å². The maximum atomic E-state index is 0. The molecule has 0 spiro atoms. The van der Waals surface area contributed by atoms with Crippen molar-refractivity contribution in [3.8, 4) is 0 Å². The van der Waals surface area contributed by atoms with Gasteiger partial charge in [0.15, 0.2) is 0 Å². The first-order valence-electron chi connectivity index (χ1n) is 0. The molecular formula is H6CdMoO4. The van der Waals surface area contributed by atoms with E-state index in [0.717, 1.165) is 0 Å². The minimum atomic E-state index is 0. The minimum absolute atomic E-state index is 0. The van der Waals surface area contributed by atoms with Gasteiger partial charge in [-0.15, -0.1) is 0 Å². The maximum absolute atomic E-state index is 0. The first kappa shape index (κ1) is 147. The van der Waals surface area contributed by atoms with Crippen LogP contribution in [0.5, 0.6) is 0 Å². The molecule has 0 atom stereocenters. The molecule has 0 aromatic rings. The Morgan fingerprint density at radius 3 is 0.667 bits per heavy atom. The molecule has 0 saturated heterocycles. The molecule has 6 heteroatoms. The zero-order chi connectivity index (χ0) is 0. The third kappa shape index (κ3) is 51.3. The van der Waals surface area contributed by atoms with Crippen LogP contribution in [-0.2, 0) is 48.4 Å². The Bertz CT molecular complexity index is 7.51. The van der Waals surface area contributed by atoms with E-state index in [0.29, 0.717) is 0 Å². The Balaban J connectivity index is 0. The molecule has 0 aliphatic carbocycles. The molecule has 4 nitrogen and oxygen atoms in total. The SMILES string of the molecule is O.O.[Cd+2].[Mo].[OH-].[OH-]. The molecule has 0 bridgehead atoms. The predicted molar refractivity (Wildman–Crippen MR) is 11.1 cm³/mol. The minimum Gasteiger partial charge on any atom is -0.870 e. The van der Waals surface area contributed by atoms with E-state index in [-0.39, 0.29) is 70.3 Å². The van der Waals surface area contributed by atoms with E-state index in [2.05, 4.69) is 0 Å². The van der Waals surface area contributed by atoms with Crippen LogP contribution in [0.25, 0.3) is 0 Å². The van der Waals surface area contributed by atoms with E-state index < -0.39 is 0 Å². The molecule has 0 aromatic carbocycles. The summed E-state index contributed by atoms with van der Waals surface area (Å²) in [6, 6.07) is 0. The summed E-state index contributed by atoms with van der Waals surface area (Å²) < 4.78 is 0. The van der Waals surface area contributed by atoms with Crippen LogP contribution in [0.15, 0.2) is 0 Å². The van der Waals surface area contributed by atoms with Gasteiger partial charge in [-0.25, -0.2) is 0 Å². The summed E-state index contributed by atoms with van der Waals surface area (Å²) in [4.78, 5) is 0. The van der Waals surface area contributed by atoms with E-state index in [1.807, 2.05) is 0 Å². The fourth-order valence-corrected chi connectivity index (χ4v) is 0. The summed E-state index contributed by atoms with van der Waals surface area (Å²) in [7, 11) is 0. The largest absolute Gasteiger partial charge is 2.00 e. The fraction of sp³-hybridized carbons (Fsp3) is 0. The number of rotatable bonds is 0. The van der Waals surface area contributed by atoms with Crippen LogP contribution < -0.4 is 0 Å². The van der Waals surface area contributed by atoms with E-state index in [1.165, 1.54) is 0 Å². The van der Waals surface area contributed by atoms with Crippen molar-refractivity contribution < 1.29 is 70.3 Å². The van der Waals surface area contributed by atoms with Crippen molar-refractivity contribution >= 4 is 0 Å². The van der Waals surface area contributed by atoms with Gasteiger partial charge < -0.3 is 21.9 Å². The van der Waals surface area contributed by atoms with Crippen LogP contribution >= 0.6 is 0 Å². The molecule has 0 aliphatic rings. The van der Waals surface area contributed by atoms with Gasteiger partial charge in [-0.05, 0) is 0 Å². The monoisotopic (exact) mass is 282 g/mol. The van der Waals surface area contributed by atoms with Gasteiger partial charge in [0.25, 0.3) is 0 Å². The second kappa shape index (κ2) is 91.1. The molecule has 6 heavy (non-hydrogen) atoms. The molecule has 0 fully saturated rings. The van der Waals surface area contributed by atoms with Crippen LogP contribution in [0.1, 0.15) is 0 Å². The van der Waals surface area contributed by atoms with Gasteiger partial charge in [-0.3, -0.25) is 0 Å². The Labute approximate surface area is 70.0 Å². The first-order chi connectivity index (χ1) is 0. The Morgan fingerprint density at radius 2 is 0.667 bits per heavy atom. The number of hydrogen-bond acceptors (Lipinski definition) is 2. The van der Waals surface area contributed by atoms with Gasteiger partial charge in [0, 0.05) is 21.1 Å². The zero-order valence-electron chi connectivity index (χ0n) is 3.01. The summed E-state index contributed by atoms with van der Waals surface area (Å²) in [6.07, 6.45) is 0. The predicted octanol–water partition coefficient (Wildman–Crippen LogP) is -2.01. The molecule has 6 N–H and O–H groups in total. The first-order valence-corrected chi connectivity index (χ1v) is 0. The molecule has 0 unspecified atom stereocenters. The van der Waals surface area contributed by atoms with E-state index >= 15 is 0 Å². The van der Waals surface area contributed by atoms with Crippen molar-refractivity contribution in [2.24, 2.45) is 0 Å². The van der Waals surface area contributed by atoms with Crippen molar-refractivity contribution in [1.82, 2.24) is 0 Å². The van der Waals surface area contributed by atoms with Crippen molar-refractivity contribution in [2.75, 3.05) is 0 Å². The smallest absolute Gasteiger partial charge is 0.870 e. The molecule has 0 rings (SSSR count). The van der Waals surface area contributed by atoms with Gasteiger partial charge in [-0.1, -0.05) is 0 Å². The molecule has 0 saturated carbocycles. The van der Waals surface area contributed by atoms with Crippen LogP contribution in [-0.4, -0.2) is 21.9 Å². The topological polar surface area (TPSA) is 123 Å². The fourth-order valence-electron chi connectivity index (χ4n) is 0. The molecule has 0 amide bonds. The summed E-state index contributed by atoms with van der Waals surface area (Å²) in [5.41, 5.74) is 0. The third-order valence-electron chi connectivity index (χ3n) is 0. The normalized spacial score (nSPS) is 0. The van der Waals surface area contributed by atoms with E-state index in [1.54, 1.807) is 0 Å². The Morgan fingerprint density at radius 1 is 0.667 bits per heavy atom. The van der Waals surface area contributed by atoms with Gasteiger partial charge >= 0.3 is 27.3 Å². The van der Waals surface area contributed by atoms with Crippen molar-refractivity contribution in [2.45, 2.75) is 0 Å². The zero-order valence-corrected chi connectivity index (χ0v) is 9.05. The Kier molecular flexibility index (Phi) is 2240. The average molecular weight is 278 g/mol. The van der Waals surface area contributed by atoms with E-state index in [4.69, 9.17) is 0 Å². The van der Waals surface area contributed by atoms with Gasteiger partial charge in [0.05, 0.1) is 0 Å². The Hall–Kier alpha value is 1.45. The number of hydrogen-bond donors (Lipinski definition) is 0. The van der Waals surface area contributed by atoms with Gasteiger partial charge in [0.1, 0.15) is 0 Å². The molecular weight excluding hydrogens is 272 g/mol. The van der Waals surface area contributed by atoms with Crippen molar-refractivity contribution in [3.63, 3.8) is 0 Å². The second-order valence-corrected chi connectivity index (χ2v) is 0. The van der Waals surface area contributed by atoms with Gasteiger partial charge in [0.2, 0.25) is 0 Å². The molecule has 0 aromatic heterocycles. The maximum Gasteiger partial charge on any atom is 2.00 e.